The maximum absolute atomic E-state index is 12.5. The van der Waals surface area contributed by atoms with Gasteiger partial charge >= 0.3 is 5.97 Å². The number of anilines is 1. The van der Waals surface area contributed by atoms with Crippen LogP contribution in [-0.4, -0.2) is 23.9 Å². The molecule has 126 valence electrons. The molecule has 1 amide bonds. The molecule has 2 aromatic rings. The van der Waals surface area contributed by atoms with Crippen molar-refractivity contribution in [3.63, 3.8) is 0 Å². The summed E-state index contributed by atoms with van der Waals surface area (Å²) in [6.45, 7) is 5.25. The molecule has 1 heterocycles. The van der Waals surface area contributed by atoms with Crippen molar-refractivity contribution in [2.45, 2.75) is 20.8 Å². The maximum atomic E-state index is 12.5. The first kappa shape index (κ1) is 17.6. The number of rotatable bonds is 4. The number of carbonyl (C=O) groups is 2. The second kappa shape index (κ2) is 6.79. The molecule has 24 heavy (non-hydrogen) atoms. The highest BCUT2D eigenvalue weighted by Crippen LogP contribution is 2.33. The van der Waals surface area contributed by atoms with Gasteiger partial charge in [0, 0.05) is 22.6 Å². The van der Waals surface area contributed by atoms with Crippen molar-refractivity contribution < 1.29 is 19.2 Å². The van der Waals surface area contributed by atoms with Crippen LogP contribution in [0.3, 0.4) is 0 Å². The van der Waals surface area contributed by atoms with Gasteiger partial charge in [-0.15, -0.1) is 11.3 Å². The van der Waals surface area contributed by atoms with Gasteiger partial charge in [0.05, 0.1) is 17.6 Å². The van der Waals surface area contributed by atoms with Gasteiger partial charge in [-0.3, -0.25) is 14.9 Å². The van der Waals surface area contributed by atoms with E-state index in [4.69, 9.17) is 4.74 Å². The van der Waals surface area contributed by atoms with Crippen LogP contribution >= 0.6 is 11.3 Å². The standard InChI is InChI=1S/C16H16N2O5S/c1-8-7-11(18(21)22)5-6-12(8)14(19)17-15-13(16(20)23-4)9(2)10(3)24-15/h5-7H,1-4H3,(H,17,19). The first-order valence-electron chi connectivity index (χ1n) is 7.01. The van der Waals surface area contributed by atoms with Crippen molar-refractivity contribution in [3.05, 3.63) is 55.4 Å². The molecule has 1 N–H and O–H groups in total. The van der Waals surface area contributed by atoms with Crippen LogP contribution in [0, 0.1) is 30.9 Å². The largest absolute Gasteiger partial charge is 0.465 e. The second-order valence-electron chi connectivity index (χ2n) is 5.19. The molecule has 2 rings (SSSR count). The molecule has 0 aliphatic heterocycles. The Bertz CT molecular complexity index is 841. The molecular formula is C16H16N2O5S. The number of non-ortho nitro benzene ring substituents is 1. The Morgan fingerprint density at radius 2 is 1.92 bits per heavy atom. The number of aryl methyl sites for hydroxylation is 2. The number of ether oxygens (including phenoxy) is 1. The van der Waals surface area contributed by atoms with Crippen molar-refractivity contribution in [2.75, 3.05) is 12.4 Å². The zero-order valence-electron chi connectivity index (χ0n) is 13.6. The van der Waals surface area contributed by atoms with Crippen LogP contribution in [-0.2, 0) is 4.74 Å². The number of nitrogens with zero attached hydrogens (tertiary/aromatic N) is 1. The summed E-state index contributed by atoms with van der Waals surface area (Å²) in [7, 11) is 1.28. The summed E-state index contributed by atoms with van der Waals surface area (Å²) in [4.78, 5) is 35.6. The number of methoxy groups -OCH3 is 1. The molecule has 0 unspecified atom stereocenters. The number of benzene rings is 1. The topological polar surface area (TPSA) is 98.5 Å². The Morgan fingerprint density at radius 3 is 2.46 bits per heavy atom. The van der Waals surface area contributed by atoms with Gasteiger partial charge in [0.25, 0.3) is 11.6 Å². The number of nitrogens with one attached hydrogen (secondary N) is 1. The van der Waals surface area contributed by atoms with E-state index in [0.717, 1.165) is 10.4 Å². The molecule has 8 heteroatoms. The number of nitro groups is 1. The van der Waals surface area contributed by atoms with E-state index in [1.807, 2.05) is 6.92 Å². The van der Waals surface area contributed by atoms with Crippen LogP contribution < -0.4 is 5.32 Å². The van der Waals surface area contributed by atoms with Crippen LogP contribution in [0.5, 0.6) is 0 Å². The first-order chi connectivity index (χ1) is 11.3. The third kappa shape index (κ3) is 3.28. The number of esters is 1. The zero-order chi connectivity index (χ0) is 18.0. The van der Waals surface area contributed by atoms with E-state index >= 15 is 0 Å². The molecule has 1 aromatic heterocycles. The van der Waals surface area contributed by atoms with Crippen molar-refractivity contribution >= 4 is 33.9 Å². The van der Waals surface area contributed by atoms with Crippen molar-refractivity contribution in [3.8, 4) is 0 Å². The maximum Gasteiger partial charge on any atom is 0.341 e. The highest BCUT2D eigenvalue weighted by atomic mass is 32.1. The van der Waals surface area contributed by atoms with Crippen LogP contribution in [0.2, 0.25) is 0 Å². The minimum atomic E-state index is -0.521. The van der Waals surface area contributed by atoms with Gasteiger partial charge in [-0.1, -0.05) is 0 Å². The lowest BCUT2D eigenvalue weighted by Crippen LogP contribution is -2.15. The molecular weight excluding hydrogens is 332 g/mol. The Hall–Kier alpha value is -2.74. The van der Waals surface area contributed by atoms with Gasteiger partial charge in [-0.25, -0.2) is 4.79 Å². The number of thiophene rings is 1. The average molecular weight is 348 g/mol. The van der Waals surface area contributed by atoms with E-state index in [2.05, 4.69) is 5.32 Å². The number of hydrogen-bond acceptors (Lipinski definition) is 6. The van der Waals surface area contributed by atoms with Crippen molar-refractivity contribution in [1.82, 2.24) is 0 Å². The minimum absolute atomic E-state index is 0.0814. The highest BCUT2D eigenvalue weighted by molar-refractivity contribution is 7.16. The van der Waals surface area contributed by atoms with Crippen molar-refractivity contribution in [1.29, 1.82) is 0 Å². The van der Waals surface area contributed by atoms with Gasteiger partial charge < -0.3 is 10.1 Å². The highest BCUT2D eigenvalue weighted by Gasteiger charge is 2.22. The van der Waals surface area contributed by atoms with Gasteiger partial charge in [-0.05, 0) is 38.0 Å². The van der Waals surface area contributed by atoms with Crippen LogP contribution in [0.4, 0.5) is 10.7 Å². The number of carbonyl (C=O) groups excluding carboxylic acids is 2. The fourth-order valence-corrected chi connectivity index (χ4v) is 3.29. The fourth-order valence-electron chi connectivity index (χ4n) is 2.25. The summed E-state index contributed by atoms with van der Waals surface area (Å²) in [5.41, 5.74) is 1.78. The average Bonchev–Trinajstić information content (AvgIpc) is 2.80. The molecule has 0 spiro atoms. The van der Waals surface area contributed by atoms with E-state index < -0.39 is 16.8 Å². The van der Waals surface area contributed by atoms with Gasteiger partial charge in [0.1, 0.15) is 5.00 Å². The van der Waals surface area contributed by atoms with Crippen LogP contribution in [0.1, 0.15) is 36.7 Å². The Labute approximate surface area is 142 Å². The molecule has 0 aliphatic rings. The van der Waals surface area contributed by atoms with Crippen LogP contribution in [0.15, 0.2) is 18.2 Å². The SMILES string of the molecule is COC(=O)c1c(NC(=O)c2ccc([N+](=O)[O-])cc2C)sc(C)c1C. The van der Waals surface area contributed by atoms with Crippen molar-refractivity contribution in [2.24, 2.45) is 0 Å². The molecule has 0 saturated carbocycles. The molecule has 0 aliphatic carbocycles. The quantitative estimate of drug-likeness (QED) is 0.517. The summed E-state index contributed by atoms with van der Waals surface area (Å²) in [5, 5.41) is 13.9. The number of nitro benzene ring substituents is 1. The van der Waals surface area contributed by atoms with Gasteiger partial charge in [-0.2, -0.15) is 0 Å². The Morgan fingerprint density at radius 1 is 1.25 bits per heavy atom. The molecule has 0 atom stereocenters. The summed E-state index contributed by atoms with van der Waals surface area (Å²) in [5.74, 6) is -0.957. The van der Waals surface area contributed by atoms with E-state index in [1.165, 1.54) is 36.6 Å². The smallest absolute Gasteiger partial charge is 0.341 e. The van der Waals surface area contributed by atoms with E-state index in [1.54, 1.807) is 13.8 Å². The summed E-state index contributed by atoms with van der Waals surface area (Å²) in [6, 6.07) is 4.00. The lowest BCUT2D eigenvalue weighted by molar-refractivity contribution is -0.384. The second-order valence-corrected chi connectivity index (χ2v) is 6.41. The fraction of sp³-hybridized carbons (Fsp3) is 0.250. The first-order valence-corrected chi connectivity index (χ1v) is 7.82. The molecule has 7 nitrogen and oxygen atoms in total. The lowest BCUT2D eigenvalue weighted by Gasteiger charge is -2.08. The minimum Gasteiger partial charge on any atom is -0.465 e. The molecule has 1 aromatic carbocycles. The zero-order valence-corrected chi connectivity index (χ0v) is 14.4. The van der Waals surface area contributed by atoms with Crippen LogP contribution in [0.25, 0.3) is 0 Å². The summed E-state index contributed by atoms with van der Waals surface area (Å²) >= 11 is 1.28. The third-order valence-corrected chi connectivity index (χ3v) is 4.79. The monoisotopic (exact) mass is 348 g/mol. The van der Waals surface area contributed by atoms with E-state index in [0.29, 0.717) is 21.7 Å². The molecule has 0 radical (unpaired) electrons. The predicted molar refractivity (Wildman–Crippen MR) is 90.9 cm³/mol. The molecule has 0 bridgehead atoms. The van der Waals surface area contributed by atoms with Gasteiger partial charge in [0.15, 0.2) is 0 Å². The summed E-state index contributed by atoms with van der Waals surface area (Å²) < 4.78 is 4.77. The predicted octanol–water partition coefficient (Wildman–Crippen LogP) is 3.62. The van der Waals surface area contributed by atoms with E-state index in [9.17, 15) is 19.7 Å². The lowest BCUT2D eigenvalue weighted by atomic mass is 10.1. The Balaban J connectivity index is 2.36. The normalized spacial score (nSPS) is 10.3. The Kier molecular flexibility index (Phi) is 4.99. The van der Waals surface area contributed by atoms with Gasteiger partial charge in [0.2, 0.25) is 0 Å². The summed E-state index contributed by atoms with van der Waals surface area (Å²) in [6.07, 6.45) is 0. The number of amides is 1. The molecule has 0 saturated heterocycles. The van der Waals surface area contributed by atoms with E-state index in [-0.39, 0.29) is 5.69 Å². The molecule has 0 fully saturated rings. The third-order valence-electron chi connectivity index (χ3n) is 3.67. The number of hydrogen-bond donors (Lipinski definition) is 1.